The SMILES string of the molecule is CC.COC(=O)Nc1c(C)cc(N=Cc2ccc(F)cc2)cc1C. The number of rotatable bonds is 3. The molecule has 0 atom stereocenters. The number of ether oxygens (including phenoxy) is 1. The van der Waals surface area contributed by atoms with Crippen LogP contribution in [0.4, 0.5) is 20.6 Å². The van der Waals surface area contributed by atoms with Crippen LogP contribution in [-0.4, -0.2) is 19.4 Å². The molecule has 0 heterocycles. The van der Waals surface area contributed by atoms with Crippen molar-refractivity contribution in [3.05, 3.63) is 58.9 Å². The Morgan fingerprint density at radius 2 is 1.67 bits per heavy atom. The van der Waals surface area contributed by atoms with Gasteiger partial charge in [-0.25, -0.2) is 9.18 Å². The average molecular weight is 330 g/mol. The summed E-state index contributed by atoms with van der Waals surface area (Å²) in [6.07, 6.45) is 1.16. The van der Waals surface area contributed by atoms with Crippen LogP contribution in [0, 0.1) is 19.7 Å². The van der Waals surface area contributed by atoms with E-state index in [1.54, 1.807) is 18.3 Å². The Balaban J connectivity index is 0.00000139. The van der Waals surface area contributed by atoms with Crippen molar-refractivity contribution in [2.45, 2.75) is 27.7 Å². The quantitative estimate of drug-likeness (QED) is 0.766. The maximum atomic E-state index is 12.8. The lowest BCUT2D eigenvalue weighted by molar-refractivity contribution is 0.187. The van der Waals surface area contributed by atoms with Gasteiger partial charge in [0, 0.05) is 11.9 Å². The average Bonchev–Trinajstić information content (AvgIpc) is 2.59. The highest BCUT2D eigenvalue weighted by Crippen LogP contribution is 2.26. The lowest BCUT2D eigenvalue weighted by Crippen LogP contribution is -2.12. The molecule has 5 heteroatoms. The number of aliphatic imine (C=N–C) groups is 1. The fourth-order valence-corrected chi connectivity index (χ4v) is 2.06. The number of carbonyl (C=O) groups is 1. The molecular formula is C19H23FN2O2. The van der Waals surface area contributed by atoms with Gasteiger partial charge in [0.2, 0.25) is 0 Å². The van der Waals surface area contributed by atoms with Crippen LogP contribution in [0.25, 0.3) is 0 Å². The molecule has 0 aliphatic heterocycles. The number of anilines is 1. The normalized spacial score (nSPS) is 10.1. The van der Waals surface area contributed by atoms with Gasteiger partial charge in [0.05, 0.1) is 12.8 Å². The van der Waals surface area contributed by atoms with Crippen LogP contribution < -0.4 is 5.32 Å². The number of amides is 1. The van der Waals surface area contributed by atoms with Crippen molar-refractivity contribution in [1.82, 2.24) is 0 Å². The topological polar surface area (TPSA) is 50.7 Å². The first-order chi connectivity index (χ1) is 11.5. The molecule has 0 bridgehead atoms. The molecule has 0 radical (unpaired) electrons. The van der Waals surface area contributed by atoms with Gasteiger partial charge in [-0.05, 0) is 54.8 Å². The predicted molar refractivity (Wildman–Crippen MR) is 96.9 cm³/mol. The molecule has 0 aromatic heterocycles. The second-order valence-corrected chi connectivity index (χ2v) is 4.88. The van der Waals surface area contributed by atoms with E-state index >= 15 is 0 Å². The summed E-state index contributed by atoms with van der Waals surface area (Å²) in [6, 6.07) is 9.82. The summed E-state index contributed by atoms with van der Waals surface area (Å²) in [5.74, 6) is -0.276. The largest absolute Gasteiger partial charge is 0.453 e. The highest BCUT2D eigenvalue weighted by atomic mass is 19.1. The predicted octanol–water partition coefficient (Wildman–Crippen LogP) is 5.40. The van der Waals surface area contributed by atoms with Crippen molar-refractivity contribution >= 4 is 23.7 Å². The van der Waals surface area contributed by atoms with Gasteiger partial charge in [-0.3, -0.25) is 10.3 Å². The Labute approximate surface area is 142 Å². The van der Waals surface area contributed by atoms with E-state index in [-0.39, 0.29) is 5.82 Å². The van der Waals surface area contributed by atoms with E-state index in [1.165, 1.54) is 19.2 Å². The van der Waals surface area contributed by atoms with Crippen molar-refractivity contribution in [3.8, 4) is 0 Å². The number of nitrogens with zero attached hydrogens (tertiary/aromatic N) is 1. The molecule has 1 N–H and O–H groups in total. The molecule has 2 aromatic rings. The van der Waals surface area contributed by atoms with Gasteiger partial charge in [-0.15, -0.1) is 0 Å². The maximum Gasteiger partial charge on any atom is 0.411 e. The minimum absolute atomic E-state index is 0.276. The van der Waals surface area contributed by atoms with Gasteiger partial charge in [-0.2, -0.15) is 0 Å². The smallest absolute Gasteiger partial charge is 0.411 e. The summed E-state index contributed by atoms with van der Waals surface area (Å²) in [5.41, 5.74) is 4.06. The van der Waals surface area contributed by atoms with Crippen molar-refractivity contribution in [1.29, 1.82) is 0 Å². The molecule has 2 aromatic carbocycles. The Hall–Kier alpha value is -2.69. The van der Waals surface area contributed by atoms with E-state index in [9.17, 15) is 9.18 Å². The maximum absolute atomic E-state index is 12.8. The highest BCUT2D eigenvalue weighted by molar-refractivity contribution is 5.88. The number of halogens is 1. The molecule has 0 spiro atoms. The number of methoxy groups -OCH3 is 1. The fourth-order valence-electron chi connectivity index (χ4n) is 2.06. The summed E-state index contributed by atoms with van der Waals surface area (Å²) < 4.78 is 17.4. The first kappa shape index (κ1) is 19.4. The van der Waals surface area contributed by atoms with Crippen LogP contribution in [0.3, 0.4) is 0 Å². The minimum atomic E-state index is -0.506. The van der Waals surface area contributed by atoms with Crippen LogP contribution in [0.2, 0.25) is 0 Å². The minimum Gasteiger partial charge on any atom is -0.453 e. The Morgan fingerprint density at radius 3 is 2.17 bits per heavy atom. The zero-order valence-electron chi connectivity index (χ0n) is 14.7. The third kappa shape index (κ3) is 5.50. The number of carbonyl (C=O) groups excluding carboxylic acids is 1. The molecule has 24 heavy (non-hydrogen) atoms. The van der Waals surface area contributed by atoms with E-state index in [1.807, 2.05) is 39.8 Å². The molecule has 4 nitrogen and oxygen atoms in total. The van der Waals surface area contributed by atoms with Gasteiger partial charge >= 0.3 is 6.09 Å². The van der Waals surface area contributed by atoms with Crippen molar-refractivity contribution in [2.24, 2.45) is 4.99 Å². The number of hydrogen-bond donors (Lipinski definition) is 1. The fraction of sp³-hybridized carbons (Fsp3) is 0.263. The first-order valence-corrected chi connectivity index (χ1v) is 7.75. The lowest BCUT2D eigenvalue weighted by Gasteiger charge is -2.11. The zero-order valence-corrected chi connectivity index (χ0v) is 14.7. The van der Waals surface area contributed by atoms with E-state index in [0.29, 0.717) is 5.69 Å². The van der Waals surface area contributed by atoms with Gasteiger partial charge in [0.15, 0.2) is 0 Å². The van der Waals surface area contributed by atoms with E-state index in [4.69, 9.17) is 0 Å². The summed E-state index contributed by atoms with van der Waals surface area (Å²) in [5, 5.41) is 2.68. The Morgan fingerprint density at radius 1 is 1.12 bits per heavy atom. The molecule has 0 aliphatic rings. The first-order valence-electron chi connectivity index (χ1n) is 7.75. The van der Waals surface area contributed by atoms with E-state index < -0.39 is 6.09 Å². The second-order valence-electron chi connectivity index (χ2n) is 4.88. The number of benzene rings is 2. The summed E-state index contributed by atoms with van der Waals surface area (Å²) >= 11 is 0. The van der Waals surface area contributed by atoms with E-state index in [0.717, 1.165) is 22.4 Å². The molecule has 1 amide bonds. The molecule has 0 unspecified atom stereocenters. The Bertz CT molecular complexity index is 687. The van der Waals surface area contributed by atoms with Gasteiger partial charge < -0.3 is 4.74 Å². The van der Waals surface area contributed by atoms with Crippen LogP contribution >= 0.6 is 0 Å². The third-order valence-corrected chi connectivity index (χ3v) is 3.16. The zero-order chi connectivity index (χ0) is 18.1. The molecule has 0 aliphatic carbocycles. The van der Waals surface area contributed by atoms with Crippen LogP contribution in [0.1, 0.15) is 30.5 Å². The standard InChI is InChI=1S/C17H17FN2O2.C2H6/c1-11-8-15(9-12(2)16(11)20-17(21)22-3)19-10-13-4-6-14(18)7-5-13;1-2/h4-10H,1-3H3,(H,20,21);1-2H3. The van der Waals surface area contributed by atoms with Crippen LogP contribution in [-0.2, 0) is 4.74 Å². The second kappa shape index (κ2) is 9.45. The number of hydrogen-bond acceptors (Lipinski definition) is 3. The highest BCUT2D eigenvalue weighted by Gasteiger charge is 2.08. The van der Waals surface area contributed by atoms with Crippen molar-refractivity contribution in [3.63, 3.8) is 0 Å². The van der Waals surface area contributed by atoms with Crippen LogP contribution in [0.15, 0.2) is 41.4 Å². The van der Waals surface area contributed by atoms with Crippen molar-refractivity contribution in [2.75, 3.05) is 12.4 Å². The summed E-state index contributed by atoms with van der Waals surface area (Å²) in [7, 11) is 1.32. The summed E-state index contributed by atoms with van der Waals surface area (Å²) in [6.45, 7) is 7.77. The molecule has 2 rings (SSSR count). The van der Waals surface area contributed by atoms with Gasteiger partial charge in [0.1, 0.15) is 5.82 Å². The molecular weight excluding hydrogens is 307 g/mol. The van der Waals surface area contributed by atoms with Gasteiger partial charge in [0.25, 0.3) is 0 Å². The molecule has 128 valence electrons. The van der Waals surface area contributed by atoms with Crippen molar-refractivity contribution < 1.29 is 13.9 Å². The lowest BCUT2D eigenvalue weighted by atomic mass is 10.1. The number of aryl methyl sites for hydroxylation is 2. The molecule has 0 fully saturated rings. The Kier molecular flexibility index (Phi) is 7.62. The molecule has 0 saturated carbocycles. The van der Waals surface area contributed by atoms with Gasteiger partial charge in [-0.1, -0.05) is 26.0 Å². The number of nitrogens with one attached hydrogen (secondary N) is 1. The monoisotopic (exact) mass is 330 g/mol. The van der Waals surface area contributed by atoms with Crippen LogP contribution in [0.5, 0.6) is 0 Å². The molecule has 0 saturated heterocycles. The summed E-state index contributed by atoms with van der Waals surface area (Å²) in [4.78, 5) is 15.7. The van der Waals surface area contributed by atoms with E-state index in [2.05, 4.69) is 15.0 Å². The third-order valence-electron chi connectivity index (χ3n) is 3.16.